The second-order valence-corrected chi connectivity index (χ2v) is 4.58. The molecule has 0 saturated heterocycles. The van der Waals surface area contributed by atoms with Crippen molar-refractivity contribution in [1.82, 2.24) is 15.1 Å². The predicted molar refractivity (Wildman–Crippen MR) is 75.1 cm³/mol. The van der Waals surface area contributed by atoms with E-state index in [1.54, 1.807) is 0 Å². The van der Waals surface area contributed by atoms with E-state index >= 15 is 0 Å². The molecule has 1 heterocycles. The molecule has 0 bridgehead atoms. The summed E-state index contributed by atoms with van der Waals surface area (Å²) in [6.45, 7) is 7.71. The minimum atomic E-state index is 0.654. The summed E-state index contributed by atoms with van der Waals surface area (Å²) in [5.74, 6) is 0. The Hall–Kier alpha value is -2.12. The zero-order valence-electron chi connectivity index (χ0n) is 11.6. The van der Waals surface area contributed by atoms with Gasteiger partial charge in [-0.2, -0.15) is 10.4 Å². The standard InChI is InChI=1S/C15H18N4/c1-4-17-10-13-5-6-15(14(8-13)9-16)19-12(3)7-11(2)18-19/h5-8,17H,4,10H2,1-3H3. The van der Waals surface area contributed by atoms with Crippen LogP contribution in [0, 0.1) is 25.2 Å². The van der Waals surface area contributed by atoms with E-state index in [4.69, 9.17) is 0 Å². The van der Waals surface area contributed by atoms with Gasteiger partial charge in [0, 0.05) is 12.2 Å². The summed E-state index contributed by atoms with van der Waals surface area (Å²) in [5, 5.41) is 17.0. The van der Waals surface area contributed by atoms with E-state index in [0.717, 1.165) is 35.7 Å². The number of nitriles is 1. The van der Waals surface area contributed by atoms with Crippen molar-refractivity contribution in [3.63, 3.8) is 0 Å². The van der Waals surface area contributed by atoms with Gasteiger partial charge in [-0.1, -0.05) is 13.0 Å². The van der Waals surface area contributed by atoms with Crippen molar-refractivity contribution in [2.24, 2.45) is 0 Å². The smallest absolute Gasteiger partial charge is 0.101 e. The fourth-order valence-electron chi connectivity index (χ4n) is 2.11. The molecular formula is C15H18N4. The summed E-state index contributed by atoms with van der Waals surface area (Å²) in [6.07, 6.45) is 0. The molecule has 2 aromatic rings. The third-order valence-corrected chi connectivity index (χ3v) is 3.00. The number of nitrogens with zero attached hydrogens (tertiary/aromatic N) is 3. The molecule has 1 aromatic heterocycles. The molecule has 2 rings (SSSR count). The molecule has 0 saturated carbocycles. The topological polar surface area (TPSA) is 53.6 Å². The normalized spacial score (nSPS) is 10.4. The molecule has 0 atom stereocenters. The molecule has 19 heavy (non-hydrogen) atoms. The van der Waals surface area contributed by atoms with Gasteiger partial charge >= 0.3 is 0 Å². The van der Waals surface area contributed by atoms with Crippen LogP contribution in [-0.2, 0) is 6.54 Å². The van der Waals surface area contributed by atoms with Crippen molar-refractivity contribution in [3.8, 4) is 11.8 Å². The quantitative estimate of drug-likeness (QED) is 0.912. The van der Waals surface area contributed by atoms with E-state index < -0.39 is 0 Å². The lowest BCUT2D eigenvalue weighted by Crippen LogP contribution is -2.12. The Morgan fingerprint density at radius 3 is 2.68 bits per heavy atom. The molecule has 0 spiro atoms. The van der Waals surface area contributed by atoms with E-state index in [2.05, 4.69) is 23.4 Å². The molecule has 0 aliphatic heterocycles. The van der Waals surface area contributed by atoms with Crippen LogP contribution in [0.3, 0.4) is 0 Å². The van der Waals surface area contributed by atoms with Crippen LogP contribution < -0.4 is 5.32 Å². The van der Waals surface area contributed by atoms with Gasteiger partial charge in [0.15, 0.2) is 0 Å². The van der Waals surface area contributed by atoms with Crippen molar-refractivity contribution in [3.05, 3.63) is 46.8 Å². The SMILES string of the molecule is CCNCc1ccc(-n2nc(C)cc2C)c(C#N)c1. The van der Waals surface area contributed by atoms with E-state index in [1.807, 2.05) is 42.8 Å². The highest BCUT2D eigenvalue weighted by Crippen LogP contribution is 2.18. The molecule has 0 aliphatic rings. The molecule has 4 heteroatoms. The maximum absolute atomic E-state index is 9.32. The third-order valence-electron chi connectivity index (χ3n) is 3.00. The zero-order valence-corrected chi connectivity index (χ0v) is 11.6. The largest absolute Gasteiger partial charge is 0.313 e. The molecule has 0 radical (unpaired) electrons. The zero-order chi connectivity index (χ0) is 13.8. The average molecular weight is 254 g/mol. The Morgan fingerprint density at radius 1 is 1.32 bits per heavy atom. The van der Waals surface area contributed by atoms with Crippen molar-refractivity contribution < 1.29 is 0 Å². The summed E-state index contributed by atoms with van der Waals surface area (Å²) in [6, 6.07) is 10.2. The van der Waals surface area contributed by atoms with Gasteiger partial charge in [-0.15, -0.1) is 0 Å². The van der Waals surface area contributed by atoms with Gasteiger partial charge in [-0.3, -0.25) is 0 Å². The summed E-state index contributed by atoms with van der Waals surface area (Å²) in [7, 11) is 0. The highest BCUT2D eigenvalue weighted by Gasteiger charge is 2.09. The molecule has 1 aromatic carbocycles. The van der Waals surface area contributed by atoms with Crippen LogP contribution in [0.25, 0.3) is 5.69 Å². The second kappa shape index (κ2) is 5.68. The Kier molecular flexibility index (Phi) is 3.98. The molecular weight excluding hydrogens is 236 g/mol. The summed E-state index contributed by atoms with van der Waals surface area (Å²) in [5.41, 5.74) is 4.60. The van der Waals surface area contributed by atoms with Gasteiger partial charge in [0.25, 0.3) is 0 Å². The third kappa shape index (κ3) is 2.83. The summed E-state index contributed by atoms with van der Waals surface area (Å²) < 4.78 is 1.82. The first-order valence-corrected chi connectivity index (χ1v) is 6.43. The Bertz CT molecular complexity index is 620. The number of rotatable bonds is 4. The lowest BCUT2D eigenvalue weighted by atomic mass is 10.1. The number of aromatic nitrogens is 2. The molecule has 0 amide bonds. The highest BCUT2D eigenvalue weighted by molar-refractivity contribution is 5.51. The van der Waals surface area contributed by atoms with Crippen molar-refractivity contribution in [1.29, 1.82) is 5.26 Å². The molecule has 98 valence electrons. The number of benzene rings is 1. The second-order valence-electron chi connectivity index (χ2n) is 4.58. The first kappa shape index (κ1) is 13.3. The van der Waals surface area contributed by atoms with Crippen LogP contribution in [0.2, 0.25) is 0 Å². The Morgan fingerprint density at radius 2 is 2.11 bits per heavy atom. The first-order chi connectivity index (χ1) is 9.15. The number of hydrogen-bond donors (Lipinski definition) is 1. The molecule has 0 aliphatic carbocycles. The highest BCUT2D eigenvalue weighted by atomic mass is 15.3. The fraction of sp³-hybridized carbons (Fsp3) is 0.333. The van der Waals surface area contributed by atoms with Gasteiger partial charge in [-0.25, -0.2) is 4.68 Å². The molecule has 0 unspecified atom stereocenters. The van der Waals surface area contributed by atoms with Crippen LogP contribution in [-0.4, -0.2) is 16.3 Å². The summed E-state index contributed by atoms with van der Waals surface area (Å²) >= 11 is 0. The summed E-state index contributed by atoms with van der Waals surface area (Å²) in [4.78, 5) is 0. The lowest BCUT2D eigenvalue weighted by molar-refractivity contribution is 0.726. The van der Waals surface area contributed by atoms with Crippen molar-refractivity contribution in [2.75, 3.05) is 6.54 Å². The number of hydrogen-bond acceptors (Lipinski definition) is 3. The lowest BCUT2D eigenvalue weighted by Gasteiger charge is -2.09. The monoisotopic (exact) mass is 254 g/mol. The van der Waals surface area contributed by atoms with Gasteiger partial charge in [-0.05, 0) is 44.2 Å². The Balaban J connectivity index is 2.42. The average Bonchev–Trinajstić information content (AvgIpc) is 2.75. The van der Waals surface area contributed by atoms with E-state index in [-0.39, 0.29) is 0 Å². The maximum Gasteiger partial charge on any atom is 0.101 e. The molecule has 1 N–H and O–H groups in total. The minimum Gasteiger partial charge on any atom is -0.313 e. The van der Waals surface area contributed by atoms with Crippen LogP contribution in [0.4, 0.5) is 0 Å². The first-order valence-electron chi connectivity index (χ1n) is 6.43. The number of aryl methyl sites for hydroxylation is 2. The van der Waals surface area contributed by atoms with E-state index in [0.29, 0.717) is 5.56 Å². The van der Waals surface area contributed by atoms with Crippen molar-refractivity contribution in [2.45, 2.75) is 27.3 Å². The van der Waals surface area contributed by atoms with Crippen LogP contribution in [0.15, 0.2) is 24.3 Å². The maximum atomic E-state index is 9.32. The van der Waals surface area contributed by atoms with Gasteiger partial charge in [0.1, 0.15) is 6.07 Å². The van der Waals surface area contributed by atoms with Crippen LogP contribution in [0.5, 0.6) is 0 Å². The molecule has 0 fully saturated rings. The van der Waals surface area contributed by atoms with Crippen molar-refractivity contribution >= 4 is 0 Å². The van der Waals surface area contributed by atoms with E-state index in [1.165, 1.54) is 0 Å². The van der Waals surface area contributed by atoms with E-state index in [9.17, 15) is 5.26 Å². The fourth-order valence-corrected chi connectivity index (χ4v) is 2.11. The Labute approximate surface area is 113 Å². The molecule has 4 nitrogen and oxygen atoms in total. The van der Waals surface area contributed by atoms with Crippen LogP contribution >= 0.6 is 0 Å². The van der Waals surface area contributed by atoms with Gasteiger partial charge in [0.05, 0.1) is 16.9 Å². The minimum absolute atomic E-state index is 0.654. The van der Waals surface area contributed by atoms with Crippen LogP contribution in [0.1, 0.15) is 29.4 Å². The van der Waals surface area contributed by atoms with Gasteiger partial charge in [0.2, 0.25) is 0 Å². The number of nitrogens with one attached hydrogen (secondary N) is 1. The van der Waals surface area contributed by atoms with Gasteiger partial charge < -0.3 is 5.32 Å². The predicted octanol–water partition coefficient (Wildman–Crippen LogP) is 2.47.